The molecule has 24 heavy (non-hydrogen) atoms. The number of aryl methyl sites for hydroxylation is 1. The smallest absolute Gasteiger partial charge is 0.136 e. The number of imidazole rings is 1. The highest BCUT2D eigenvalue weighted by molar-refractivity contribution is 6.30. The van der Waals surface area contributed by atoms with E-state index in [0.717, 1.165) is 29.5 Å². The maximum Gasteiger partial charge on any atom is 0.136 e. The van der Waals surface area contributed by atoms with Crippen molar-refractivity contribution in [1.82, 2.24) is 14.9 Å². The van der Waals surface area contributed by atoms with E-state index in [0.29, 0.717) is 13.2 Å². The van der Waals surface area contributed by atoms with Gasteiger partial charge in [-0.15, -0.1) is 0 Å². The van der Waals surface area contributed by atoms with Crippen LogP contribution in [0.15, 0.2) is 42.5 Å². The summed E-state index contributed by atoms with van der Waals surface area (Å²) in [6.07, 6.45) is 0. The van der Waals surface area contributed by atoms with Crippen LogP contribution in [0.1, 0.15) is 23.0 Å². The molecule has 0 aliphatic carbocycles. The van der Waals surface area contributed by atoms with Crippen molar-refractivity contribution in [3.05, 3.63) is 64.4 Å². The molecule has 0 saturated heterocycles. The molecule has 0 saturated carbocycles. The quantitative estimate of drug-likeness (QED) is 0.783. The van der Waals surface area contributed by atoms with Crippen LogP contribution in [-0.2, 0) is 17.9 Å². The van der Waals surface area contributed by atoms with Gasteiger partial charge < -0.3 is 14.6 Å². The fraction of sp³-hybridized carbons (Fsp3) is 0.316. The van der Waals surface area contributed by atoms with Crippen molar-refractivity contribution in [3.8, 4) is 0 Å². The summed E-state index contributed by atoms with van der Waals surface area (Å²) in [6, 6.07) is 14.6. The first-order valence-corrected chi connectivity index (χ1v) is 8.59. The Morgan fingerprint density at radius 2 is 2.08 bits per heavy atom. The van der Waals surface area contributed by atoms with E-state index < -0.39 is 0 Å². The lowest BCUT2D eigenvalue weighted by molar-refractivity contribution is 0.0564. The molecule has 124 valence electrons. The molecule has 2 aromatic carbocycles. The highest BCUT2D eigenvalue weighted by atomic mass is 35.5. The second-order valence-corrected chi connectivity index (χ2v) is 6.70. The first kappa shape index (κ1) is 15.6. The third-order valence-corrected chi connectivity index (χ3v) is 4.78. The molecule has 0 unspecified atom stereocenters. The number of nitrogens with one attached hydrogen (secondary N) is 1. The molecule has 1 atom stereocenters. The van der Waals surface area contributed by atoms with E-state index in [1.54, 1.807) is 0 Å². The molecule has 0 amide bonds. The van der Waals surface area contributed by atoms with Gasteiger partial charge in [0, 0.05) is 18.1 Å². The van der Waals surface area contributed by atoms with Crippen molar-refractivity contribution in [3.63, 3.8) is 0 Å². The van der Waals surface area contributed by atoms with Gasteiger partial charge in [-0.3, -0.25) is 0 Å². The monoisotopic (exact) mass is 341 g/mol. The molecule has 0 radical (unpaired) electrons. The minimum Gasteiger partial charge on any atom is -0.371 e. The van der Waals surface area contributed by atoms with Crippen LogP contribution in [0.2, 0.25) is 5.02 Å². The first-order valence-electron chi connectivity index (χ1n) is 8.22. The van der Waals surface area contributed by atoms with Crippen molar-refractivity contribution in [2.75, 3.05) is 13.2 Å². The second-order valence-electron chi connectivity index (χ2n) is 6.27. The fourth-order valence-electron chi connectivity index (χ4n) is 3.31. The summed E-state index contributed by atoms with van der Waals surface area (Å²) in [5.74, 6) is 1.02. The molecule has 0 fully saturated rings. The van der Waals surface area contributed by atoms with Crippen LogP contribution in [0, 0.1) is 6.92 Å². The van der Waals surface area contributed by atoms with Gasteiger partial charge in [-0.2, -0.15) is 0 Å². The zero-order chi connectivity index (χ0) is 16.5. The minimum absolute atomic E-state index is 0.257. The van der Waals surface area contributed by atoms with E-state index in [9.17, 15) is 0 Å². The number of rotatable bonds is 4. The van der Waals surface area contributed by atoms with Gasteiger partial charge in [0.05, 0.1) is 23.7 Å². The molecular weight excluding hydrogens is 322 g/mol. The van der Waals surface area contributed by atoms with Gasteiger partial charge in [-0.1, -0.05) is 35.9 Å². The lowest BCUT2D eigenvalue weighted by atomic mass is 10.2. The van der Waals surface area contributed by atoms with Gasteiger partial charge in [0.1, 0.15) is 12.4 Å². The van der Waals surface area contributed by atoms with E-state index >= 15 is 0 Å². The molecule has 4 nitrogen and oxygen atoms in total. The molecule has 4 rings (SSSR count). The van der Waals surface area contributed by atoms with Crippen molar-refractivity contribution in [2.24, 2.45) is 0 Å². The lowest BCUT2D eigenvalue weighted by Gasteiger charge is -2.26. The average molecular weight is 342 g/mol. The minimum atomic E-state index is 0.257. The van der Waals surface area contributed by atoms with Crippen LogP contribution < -0.4 is 5.32 Å². The van der Waals surface area contributed by atoms with Crippen LogP contribution in [0.25, 0.3) is 11.0 Å². The van der Waals surface area contributed by atoms with Gasteiger partial charge in [-0.25, -0.2) is 4.98 Å². The van der Waals surface area contributed by atoms with Gasteiger partial charge in [0.15, 0.2) is 0 Å². The highest BCUT2D eigenvalue weighted by Crippen LogP contribution is 2.27. The number of benzene rings is 2. The fourth-order valence-corrected chi connectivity index (χ4v) is 3.44. The topological polar surface area (TPSA) is 39.1 Å². The number of fused-ring (bicyclic) bond motifs is 3. The van der Waals surface area contributed by atoms with E-state index in [1.165, 1.54) is 16.6 Å². The van der Waals surface area contributed by atoms with E-state index in [1.807, 2.05) is 24.3 Å². The van der Waals surface area contributed by atoms with Crippen molar-refractivity contribution in [2.45, 2.75) is 26.1 Å². The van der Waals surface area contributed by atoms with Crippen LogP contribution >= 0.6 is 11.6 Å². The Bertz CT molecular complexity index is 857. The summed E-state index contributed by atoms with van der Waals surface area (Å²) in [5, 5.41) is 4.30. The van der Waals surface area contributed by atoms with E-state index in [-0.39, 0.29) is 6.04 Å². The van der Waals surface area contributed by atoms with Gasteiger partial charge in [0.2, 0.25) is 0 Å². The third-order valence-electron chi connectivity index (χ3n) is 4.52. The predicted octanol–water partition coefficient (Wildman–Crippen LogP) is 3.86. The number of nitrogens with zero attached hydrogens (tertiary/aromatic N) is 2. The molecule has 1 aromatic heterocycles. The Morgan fingerprint density at radius 3 is 2.92 bits per heavy atom. The molecule has 2 heterocycles. The third kappa shape index (κ3) is 2.93. The van der Waals surface area contributed by atoms with Crippen LogP contribution in [-0.4, -0.2) is 22.7 Å². The normalized spacial score (nSPS) is 17.2. The molecule has 5 heteroatoms. The summed E-state index contributed by atoms with van der Waals surface area (Å²) in [4.78, 5) is 4.77. The van der Waals surface area contributed by atoms with Gasteiger partial charge >= 0.3 is 0 Å². The molecule has 1 N–H and O–H groups in total. The summed E-state index contributed by atoms with van der Waals surface area (Å²) in [5.41, 5.74) is 4.72. The Kier molecular flexibility index (Phi) is 4.27. The largest absolute Gasteiger partial charge is 0.371 e. The number of ether oxygens (including phenoxy) is 1. The highest BCUT2D eigenvalue weighted by Gasteiger charge is 2.24. The molecule has 1 aliphatic heterocycles. The van der Waals surface area contributed by atoms with Crippen molar-refractivity contribution < 1.29 is 4.74 Å². The SMILES string of the molecule is Cc1cccc2c1nc1n2[C@@H](CNCc2ccc(Cl)cc2)COC1. The summed E-state index contributed by atoms with van der Waals surface area (Å²) in [7, 11) is 0. The Labute approximate surface area is 146 Å². The Morgan fingerprint density at radius 1 is 1.25 bits per heavy atom. The lowest BCUT2D eigenvalue weighted by Crippen LogP contribution is -2.32. The number of aromatic nitrogens is 2. The van der Waals surface area contributed by atoms with Gasteiger partial charge in [0.25, 0.3) is 0 Å². The van der Waals surface area contributed by atoms with Crippen LogP contribution in [0.4, 0.5) is 0 Å². The molecule has 0 bridgehead atoms. The van der Waals surface area contributed by atoms with Crippen molar-refractivity contribution in [1.29, 1.82) is 0 Å². The molecule has 0 spiro atoms. The zero-order valence-corrected chi connectivity index (χ0v) is 14.4. The van der Waals surface area contributed by atoms with Crippen LogP contribution in [0.3, 0.4) is 0 Å². The zero-order valence-electron chi connectivity index (χ0n) is 13.6. The first-order chi connectivity index (χ1) is 11.7. The summed E-state index contributed by atoms with van der Waals surface area (Å²) >= 11 is 5.93. The van der Waals surface area contributed by atoms with E-state index in [2.05, 4.69) is 35.0 Å². The summed E-state index contributed by atoms with van der Waals surface area (Å²) in [6.45, 7) is 5.06. The molecule has 1 aliphatic rings. The number of hydrogen-bond acceptors (Lipinski definition) is 3. The van der Waals surface area contributed by atoms with Crippen molar-refractivity contribution >= 4 is 22.6 Å². The number of hydrogen-bond donors (Lipinski definition) is 1. The number of para-hydroxylation sites is 1. The van der Waals surface area contributed by atoms with Crippen LogP contribution in [0.5, 0.6) is 0 Å². The number of halogens is 1. The molecule has 3 aromatic rings. The Balaban J connectivity index is 1.52. The average Bonchev–Trinajstić information content (AvgIpc) is 2.98. The maximum atomic E-state index is 5.93. The maximum absolute atomic E-state index is 5.93. The second kappa shape index (κ2) is 6.55. The predicted molar refractivity (Wildman–Crippen MR) is 96.3 cm³/mol. The molecular formula is C19H20ClN3O. The standard InChI is InChI=1S/C19H20ClN3O/c1-13-3-2-4-17-19(13)22-18-12-24-11-16(23(17)18)10-21-9-14-5-7-15(20)8-6-14/h2-8,16,21H,9-12H2,1H3/t16-/m0/s1. The Hall–Kier alpha value is -1.88. The summed E-state index contributed by atoms with van der Waals surface area (Å²) < 4.78 is 8.09. The van der Waals surface area contributed by atoms with E-state index in [4.69, 9.17) is 21.3 Å². The van der Waals surface area contributed by atoms with Gasteiger partial charge in [-0.05, 0) is 36.2 Å².